The number of hydrogen-bond acceptors (Lipinski definition) is 4. The van der Waals surface area contributed by atoms with Gasteiger partial charge in [-0.2, -0.15) is 0 Å². The molecular formula is C17H23NO3. The van der Waals surface area contributed by atoms with Gasteiger partial charge in [-0.05, 0) is 56.4 Å². The van der Waals surface area contributed by atoms with Crippen LogP contribution in [0.4, 0.5) is 5.69 Å². The van der Waals surface area contributed by atoms with Crippen LogP contribution in [-0.4, -0.2) is 18.7 Å². The third kappa shape index (κ3) is 4.52. The van der Waals surface area contributed by atoms with Crippen LogP contribution in [0.25, 0.3) is 0 Å². The molecule has 4 nitrogen and oxygen atoms in total. The van der Waals surface area contributed by atoms with Crippen molar-refractivity contribution in [2.75, 3.05) is 12.3 Å². The topological polar surface area (TPSA) is 61.5 Å². The molecule has 0 radical (unpaired) electrons. The Morgan fingerprint density at radius 2 is 2.05 bits per heavy atom. The lowest BCUT2D eigenvalue weighted by Gasteiger charge is -2.22. The van der Waals surface area contributed by atoms with E-state index in [1.54, 1.807) is 18.2 Å². The number of carbonyl (C=O) groups excluding carboxylic acids is 1. The SMILES string of the molecule is C=C(C)COc1cc(C(=O)OC2CCCCC2)ccc1N. The molecule has 0 aliphatic heterocycles. The molecule has 0 amide bonds. The highest BCUT2D eigenvalue weighted by atomic mass is 16.5. The summed E-state index contributed by atoms with van der Waals surface area (Å²) < 4.78 is 11.1. The Labute approximate surface area is 125 Å². The van der Waals surface area contributed by atoms with Gasteiger partial charge in [0.25, 0.3) is 0 Å². The van der Waals surface area contributed by atoms with Crippen molar-refractivity contribution in [3.05, 3.63) is 35.9 Å². The van der Waals surface area contributed by atoms with Gasteiger partial charge < -0.3 is 15.2 Å². The van der Waals surface area contributed by atoms with E-state index in [2.05, 4.69) is 6.58 Å². The minimum Gasteiger partial charge on any atom is -0.487 e. The van der Waals surface area contributed by atoms with Crippen molar-refractivity contribution in [2.45, 2.75) is 45.1 Å². The second-order valence-electron chi connectivity index (χ2n) is 5.66. The average molecular weight is 289 g/mol. The molecule has 114 valence electrons. The van der Waals surface area contributed by atoms with E-state index in [1.807, 2.05) is 6.92 Å². The van der Waals surface area contributed by atoms with Gasteiger partial charge in [0.2, 0.25) is 0 Å². The molecular weight excluding hydrogens is 266 g/mol. The molecule has 0 spiro atoms. The summed E-state index contributed by atoms with van der Waals surface area (Å²) in [5.74, 6) is 0.193. The van der Waals surface area contributed by atoms with Gasteiger partial charge >= 0.3 is 5.97 Å². The molecule has 0 unspecified atom stereocenters. The highest BCUT2D eigenvalue weighted by Crippen LogP contribution is 2.25. The standard InChI is InChI=1S/C17H23NO3/c1-12(2)11-20-16-10-13(8-9-15(16)18)17(19)21-14-6-4-3-5-7-14/h8-10,14H,1,3-7,11,18H2,2H3. The van der Waals surface area contributed by atoms with Crippen LogP contribution < -0.4 is 10.5 Å². The number of nitrogens with two attached hydrogens (primary N) is 1. The molecule has 0 heterocycles. The Kier molecular flexibility index (Phi) is 5.26. The molecule has 1 aliphatic carbocycles. The quantitative estimate of drug-likeness (QED) is 0.510. The van der Waals surface area contributed by atoms with E-state index in [0.717, 1.165) is 31.3 Å². The highest BCUT2D eigenvalue weighted by Gasteiger charge is 2.19. The normalized spacial score (nSPS) is 15.5. The number of hydrogen-bond donors (Lipinski definition) is 1. The number of nitrogen functional groups attached to an aromatic ring is 1. The fraction of sp³-hybridized carbons (Fsp3) is 0.471. The first-order valence-electron chi connectivity index (χ1n) is 7.44. The molecule has 0 atom stereocenters. The van der Waals surface area contributed by atoms with E-state index >= 15 is 0 Å². The number of ether oxygens (including phenoxy) is 2. The Bertz CT molecular complexity index is 519. The van der Waals surface area contributed by atoms with Crippen molar-refractivity contribution in [1.82, 2.24) is 0 Å². The van der Waals surface area contributed by atoms with E-state index in [-0.39, 0.29) is 12.1 Å². The lowest BCUT2D eigenvalue weighted by Crippen LogP contribution is -2.21. The molecule has 0 saturated heterocycles. The summed E-state index contributed by atoms with van der Waals surface area (Å²) in [7, 11) is 0. The van der Waals surface area contributed by atoms with Crippen molar-refractivity contribution >= 4 is 11.7 Å². The van der Waals surface area contributed by atoms with Crippen LogP contribution in [0, 0.1) is 0 Å². The minimum atomic E-state index is -0.304. The molecule has 21 heavy (non-hydrogen) atoms. The summed E-state index contributed by atoms with van der Waals surface area (Å²) in [5, 5.41) is 0. The van der Waals surface area contributed by atoms with Gasteiger partial charge in [-0.15, -0.1) is 0 Å². The molecule has 2 rings (SSSR count). The number of benzene rings is 1. The van der Waals surface area contributed by atoms with Crippen LogP contribution in [0.15, 0.2) is 30.4 Å². The first kappa shape index (κ1) is 15.4. The maximum Gasteiger partial charge on any atom is 0.338 e. The van der Waals surface area contributed by atoms with Gasteiger partial charge in [0.05, 0.1) is 11.3 Å². The van der Waals surface area contributed by atoms with Crippen LogP contribution in [0.5, 0.6) is 5.75 Å². The summed E-state index contributed by atoms with van der Waals surface area (Å²) in [6.45, 7) is 6.03. The molecule has 1 aliphatic rings. The number of carbonyl (C=O) groups is 1. The average Bonchev–Trinajstić information content (AvgIpc) is 2.47. The van der Waals surface area contributed by atoms with E-state index in [9.17, 15) is 4.79 Å². The number of rotatable bonds is 5. The minimum absolute atomic E-state index is 0.0450. The molecule has 2 N–H and O–H groups in total. The van der Waals surface area contributed by atoms with Crippen molar-refractivity contribution in [1.29, 1.82) is 0 Å². The largest absolute Gasteiger partial charge is 0.487 e. The first-order chi connectivity index (χ1) is 10.1. The van der Waals surface area contributed by atoms with Gasteiger partial charge in [-0.3, -0.25) is 0 Å². The van der Waals surface area contributed by atoms with E-state index < -0.39 is 0 Å². The maximum atomic E-state index is 12.2. The fourth-order valence-electron chi connectivity index (χ4n) is 2.39. The van der Waals surface area contributed by atoms with Crippen LogP contribution >= 0.6 is 0 Å². The Morgan fingerprint density at radius 1 is 1.33 bits per heavy atom. The van der Waals surface area contributed by atoms with Crippen LogP contribution in [0.2, 0.25) is 0 Å². The zero-order chi connectivity index (χ0) is 15.2. The Morgan fingerprint density at radius 3 is 2.71 bits per heavy atom. The molecule has 4 heteroatoms. The van der Waals surface area contributed by atoms with Gasteiger partial charge in [0.1, 0.15) is 18.5 Å². The molecule has 0 aromatic heterocycles. The van der Waals surface area contributed by atoms with Gasteiger partial charge in [0.15, 0.2) is 0 Å². The van der Waals surface area contributed by atoms with Crippen molar-refractivity contribution in [2.24, 2.45) is 0 Å². The van der Waals surface area contributed by atoms with Crippen molar-refractivity contribution < 1.29 is 14.3 Å². The maximum absolute atomic E-state index is 12.2. The molecule has 1 fully saturated rings. The lowest BCUT2D eigenvalue weighted by molar-refractivity contribution is 0.0211. The van der Waals surface area contributed by atoms with Crippen LogP contribution in [-0.2, 0) is 4.74 Å². The predicted molar refractivity (Wildman–Crippen MR) is 83.5 cm³/mol. The summed E-state index contributed by atoms with van der Waals surface area (Å²) in [6, 6.07) is 4.99. The summed E-state index contributed by atoms with van der Waals surface area (Å²) in [4.78, 5) is 12.2. The second kappa shape index (κ2) is 7.16. The summed E-state index contributed by atoms with van der Waals surface area (Å²) in [6.07, 6.45) is 5.46. The third-order valence-electron chi connectivity index (χ3n) is 3.55. The number of esters is 1. The molecule has 0 bridgehead atoms. The zero-order valence-electron chi connectivity index (χ0n) is 12.6. The summed E-state index contributed by atoms with van der Waals surface area (Å²) >= 11 is 0. The molecule has 1 aromatic rings. The van der Waals surface area contributed by atoms with E-state index in [4.69, 9.17) is 15.2 Å². The first-order valence-corrected chi connectivity index (χ1v) is 7.44. The smallest absolute Gasteiger partial charge is 0.338 e. The van der Waals surface area contributed by atoms with Gasteiger partial charge in [-0.25, -0.2) is 4.79 Å². The second-order valence-corrected chi connectivity index (χ2v) is 5.66. The zero-order valence-corrected chi connectivity index (χ0v) is 12.6. The van der Waals surface area contributed by atoms with E-state index in [0.29, 0.717) is 23.6 Å². The summed E-state index contributed by atoms with van der Waals surface area (Å²) in [5.41, 5.74) is 7.73. The van der Waals surface area contributed by atoms with Crippen molar-refractivity contribution in [3.63, 3.8) is 0 Å². The predicted octanol–water partition coefficient (Wildman–Crippen LogP) is 3.71. The third-order valence-corrected chi connectivity index (χ3v) is 3.55. The lowest BCUT2D eigenvalue weighted by atomic mass is 9.98. The van der Waals surface area contributed by atoms with Gasteiger partial charge in [-0.1, -0.05) is 13.0 Å². The van der Waals surface area contributed by atoms with Gasteiger partial charge in [0, 0.05) is 0 Å². The Balaban J connectivity index is 2.02. The highest BCUT2D eigenvalue weighted by molar-refractivity contribution is 5.90. The monoisotopic (exact) mass is 289 g/mol. The van der Waals surface area contributed by atoms with Crippen molar-refractivity contribution in [3.8, 4) is 5.75 Å². The van der Waals surface area contributed by atoms with Crippen LogP contribution in [0.1, 0.15) is 49.4 Å². The van der Waals surface area contributed by atoms with E-state index in [1.165, 1.54) is 6.42 Å². The van der Waals surface area contributed by atoms with Crippen LogP contribution in [0.3, 0.4) is 0 Å². The molecule has 1 aromatic carbocycles. The number of anilines is 1. The molecule has 1 saturated carbocycles. The Hall–Kier alpha value is -1.97. The fourth-order valence-corrected chi connectivity index (χ4v) is 2.39.